The van der Waals surface area contributed by atoms with E-state index in [4.69, 9.17) is 19.3 Å². The van der Waals surface area contributed by atoms with E-state index in [1.54, 1.807) is 36.4 Å². The zero-order valence-corrected chi connectivity index (χ0v) is 19.5. The standard InChI is InChI=1S/C27H30O6/c1-18(2)11-13-31-22-8-6-7-21(15-22)20(5)27(30)24-10-9-23(32-14-12-19(3)4)16-25(24)33-17-26(28)29/h6-12,15-16H,5,13-14,17H2,1-4H3,(H,28,29). The number of Topliss-reactive ketones (excluding diaryl/α,β-unsaturated/α-hetero) is 1. The Balaban J connectivity index is 2.27. The number of allylic oxidation sites excluding steroid dienone is 3. The highest BCUT2D eigenvalue weighted by Gasteiger charge is 2.19. The Morgan fingerprint density at radius 1 is 0.879 bits per heavy atom. The minimum absolute atomic E-state index is 0.120. The molecule has 6 nitrogen and oxygen atoms in total. The average molecular weight is 451 g/mol. The van der Waals surface area contributed by atoms with Crippen LogP contribution in [0.15, 0.2) is 72.3 Å². The lowest BCUT2D eigenvalue weighted by molar-refractivity contribution is -0.139. The van der Waals surface area contributed by atoms with Crippen LogP contribution in [0, 0.1) is 0 Å². The Labute approximate surface area is 194 Å². The quantitative estimate of drug-likeness (QED) is 0.252. The maximum atomic E-state index is 13.2. The fourth-order valence-corrected chi connectivity index (χ4v) is 2.72. The van der Waals surface area contributed by atoms with Crippen molar-refractivity contribution in [2.24, 2.45) is 0 Å². The first-order valence-electron chi connectivity index (χ1n) is 10.5. The molecule has 0 aliphatic heterocycles. The van der Waals surface area contributed by atoms with E-state index in [0.29, 0.717) is 30.3 Å². The van der Waals surface area contributed by atoms with Crippen molar-refractivity contribution in [3.63, 3.8) is 0 Å². The summed E-state index contributed by atoms with van der Waals surface area (Å²) in [4.78, 5) is 24.2. The fraction of sp³-hybridized carbons (Fsp3) is 0.259. The van der Waals surface area contributed by atoms with E-state index in [1.165, 1.54) is 6.07 Å². The zero-order chi connectivity index (χ0) is 24.4. The van der Waals surface area contributed by atoms with Gasteiger partial charge < -0.3 is 19.3 Å². The van der Waals surface area contributed by atoms with Crippen molar-refractivity contribution in [3.8, 4) is 17.2 Å². The van der Waals surface area contributed by atoms with Crippen LogP contribution in [0.1, 0.15) is 43.6 Å². The fourth-order valence-electron chi connectivity index (χ4n) is 2.72. The van der Waals surface area contributed by atoms with Crippen molar-refractivity contribution < 1.29 is 28.9 Å². The summed E-state index contributed by atoms with van der Waals surface area (Å²) in [5.74, 6) is -0.333. The van der Waals surface area contributed by atoms with Crippen LogP contribution in [0.3, 0.4) is 0 Å². The van der Waals surface area contributed by atoms with Gasteiger partial charge in [0.2, 0.25) is 0 Å². The molecule has 0 aliphatic carbocycles. The molecule has 0 saturated heterocycles. The zero-order valence-electron chi connectivity index (χ0n) is 19.5. The predicted molar refractivity (Wildman–Crippen MR) is 129 cm³/mol. The van der Waals surface area contributed by atoms with Crippen LogP contribution in [-0.4, -0.2) is 36.7 Å². The molecule has 6 heteroatoms. The first-order valence-corrected chi connectivity index (χ1v) is 10.5. The summed E-state index contributed by atoms with van der Waals surface area (Å²) in [6, 6.07) is 11.8. The number of benzene rings is 2. The van der Waals surface area contributed by atoms with Crippen LogP contribution in [0.2, 0.25) is 0 Å². The first kappa shape index (κ1) is 25.5. The highest BCUT2D eigenvalue weighted by molar-refractivity contribution is 6.29. The minimum Gasteiger partial charge on any atom is -0.490 e. The van der Waals surface area contributed by atoms with Crippen molar-refractivity contribution >= 4 is 17.3 Å². The normalized spacial score (nSPS) is 10.1. The number of carboxylic acids is 1. The SMILES string of the molecule is C=C(C(=O)c1ccc(OCC=C(C)C)cc1OCC(=O)O)c1cccc(OCC=C(C)C)c1. The number of ether oxygens (including phenoxy) is 3. The predicted octanol–water partition coefficient (Wildman–Crippen LogP) is 5.74. The molecule has 174 valence electrons. The number of rotatable bonds is 12. The van der Waals surface area contributed by atoms with Crippen molar-refractivity contribution in [1.29, 1.82) is 0 Å². The third-order valence-electron chi connectivity index (χ3n) is 4.49. The lowest BCUT2D eigenvalue weighted by atomic mass is 9.97. The van der Waals surface area contributed by atoms with Gasteiger partial charge in [0.25, 0.3) is 0 Å². The Bertz CT molecular complexity index is 1070. The van der Waals surface area contributed by atoms with E-state index in [1.807, 2.05) is 39.8 Å². The molecule has 2 rings (SSSR count). The van der Waals surface area contributed by atoms with Gasteiger partial charge in [-0.1, -0.05) is 29.9 Å². The van der Waals surface area contributed by atoms with E-state index in [-0.39, 0.29) is 22.7 Å². The molecule has 0 aromatic heterocycles. The summed E-state index contributed by atoms with van der Waals surface area (Å²) >= 11 is 0. The monoisotopic (exact) mass is 450 g/mol. The first-order chi connectivity index (χ1) is 15.7. The number of carboxylic acid groups (broad SMARTS) is 1. The summed E-state index contributed by atoms with van der Waals surface area (Å²) in [5.41, 5.74) is 3.29. The second-order valence-electron chi connectivity index (χ2n) is 7.86. The Morgan fingerprint density at radius 3 is 2.06 bits per heavy atom. The van der Waals surface area contributed by atoms with Crippen LogP contribution < -0.4 is 14.2 Å². The van der Waals surface area contributed by atoms with Crippen molar-refractivity contribution in [1.82, 2.24) is 0 Å². The Kier molecular flexibility index (Phi) is 9.48. The van der Waals surface area contributed by atoms with Gasteiger partial charge in [0, 0.05) is 11.6 Å². The summed E-state index contributed by atoms with van der Waals surface area (Å²) in [5, 5.41) is 9.01. The Morgan fingerprint density at radius 2 is 1.48 bits per heavy atom. The number of ketones is 1. The van der Waals surface area contributed by atoms with Gasteiger partial charge in [-0.2, -0.15) is 0 Å². The second kappa shape index (κ2) is 12.3. The van der Waals surface area contributed by atoms with Crippen LogP contribution in [0.25, 0.3) is 5.57 Å². The third-order valence-corrected chi connectivity index (χ3v) is 4.49. The van der Waals surface area contributed by atoms with E-state index in [0.717, 1.165) is 11.1 Å². The van der Waals surface area contributed by atoms with Crippen LogP contribution in [0.4, 0.5) is 0 Å². The van der Waals surface area contributed by atoms with Gasteiger partial charge in [-0.3, -0.25) is 4.79 Å². The number of carbonyl (C=O) groups excluding carboxylic acids is 1. The molecule has 0 radical (unpaired) electrons. The molecule has 0 fully saturated rings. The van der Waals surface area contributed by atoms with Crippen LogP contribution >= 0.6 is 0 Å². The lowest BCUT2D eigenvalue weighted by Gasteiger charge is -2.14. The summed E-state index contributed by atoms with van der Waals surface area (Å²) in [7, 11) is 0. The summed E-state index contributed by atoms with van der Waals surface area (Å²) in [6.45, 7) is 12.0. The number of hydrogen-bond acceptors (Lipinski definition) is 5. The molecular weight excluding hydrogens is 420 g/mol. The van der Waals surface area contributed by atoms with Crippen LogP contribution in [0.5, 0.6) is 17.2 Å². The topological polar surface area (TPSA) is 82.1 Å². The second-order valence-corrected chi connectivity index (χ2v) is 7.86. The molecule has 0 spiro atoms. The van der Waals surface area contributed by atoms with Gasteiger partial charge in [0.1, 0.15) is 30.5 Å². The molecule has 0 aliphatic rings. The largest absolute Gasteiger partial charge is 0.490 e. The maximum absolute atomic E-state index is 13.2. The average Bonchev–Trinajstić information content (AvgIpc) is 2.76. The molecule has 1 N–H and O–H groups in total. The van der Waals surface area contributed by atoms with E-state index in [9.17, 15) is 9.59 Å². The van der Waals surface area contributed by atoms with Gasteiger partial charge in [-0.05, 0) is 69.7 Å². The smallest absolute Gasteiger partial charge is 0.341 e. The van der Waals surface area contributed by atoms with Crippen molar-refractivity contribution in [2.75, 3.05) is 19.8 Å². The molecule has 0 saturated carbocycles. The van der Waals surface area contributed by atoms with E-state index >= 15 is 0 Å². The summed E-state index contributed by atoms with van der Waals surface area (Å²) in [6.07, 6.45) is 3.87. The molecule has 0 heterocycles. The molecule has 2 aromatic carbocycles. The number of aliphatic carboxylic acids is 1. The molecule has 0 amide bonds. The Hall–Kier alpha value is -3.80. The number of hydrogen-bond donors (Lipinski definition) is 1. The highest BCUT2D eigenvalue weighted by atomic mass is 16.5. The van der Waals surface area contributed by atoms with Crippen molar-refractivity contribution in [2.45, 2.75) is 27.7 Å². The third kappa shape index (κ3) is 8.33. The molecule has 33 heavy (non-hydrogen) atoms. The van der Waals surface area contributed by atoms with Gasteiger partial charge in [0.15, 0.2) is 12.4 Å². The molecular formula is C27H30O6. The molecule has 0 bridgehead atoms. The molecule has 0 atom stereocenters. The van der Waals surface area contributed by atoms with Gasteiger partial charge >= 0.3 is 5.97 Å². The summed E-state index contributed by atoms with van der Waals surface area (Å²) < 4.78 is 16.8. The maximum Gasteiger partial charge on any atom is 0.341 e. The molecule has 2 aromatic rings. The van der Waals surface area contributed by atoms with E-state index < -0.39 is 12.6 Å². The van der Waals surface area contributed by atoms with Gasteiger partial charge in [-0.25, -0.2) is 4.79 Å². The number of carbonyl (C=O) groups is 2. The van der Waals surface area contributed by atoms with Crippen molar-refractivity contribution in [3.05, 3.63) is 83.5 Å². The van der Waals surface area contributed by atoms with Gasteiger partial charge in [0.05, 0.1) is 5.56 Å². The lowest BCUT2D eigenvalue weighted by Crippen LogP contribution is -2.13. The van der Waals surface area contributed by atoms with Gasteiger partial charge in [-0.15, -0.1) is 0 Å². The molecule has 0 unspecified atom stereocenters. The minimum atomic E-state index is -1.15. The van der Waals surface area contributed by atoms with Crippen LogP contribution in [-0.2, 0) is 4.79 Å². The van der Waals surface area contributed by atoms with E-state index in [2.05, 4.69) is 6.58 Å². The highest BCUT2D eigenvalue weighted by Crippen LogP contribution is 2.30.